The summed E-state index contributed by atoms with van der Waals surface area (Å²) in [6.07, 6.45) is 0. The molecule has 0 unspecified atom stereocenters. The number of carbonyl (C=O) groups is 1. The molecule has 5 nitrogen and oxygen atoms in total. The van der Waals surface area contributed by atoms with E-state index in [1.54, 1.807) is 12.1 Å². The summed E-state index contributed by atoms with van der Waals surface area (Å²) >= 11 is 1.48. The predicted molar refractivity (Wildman–Crippen MR) is 88.8 cm³/mol. The van der Waals surface area contributed by atoms with Crippen molar-refractivity contribution in [1.82, 2.24) is 0 Å². The molecule has 3 rings (SSSR count). The van der Waals surface area contributed by atoms with Crippen LogP contribution in [-0.4, -0.2) is 28.6 Å². The molecule has 116 valence electrons. The number of nitrogens with zero attached hydrogens (tertiary/aromatic N) is 1. The normalized spacial score (nSPS) is 11.6. The molecule has 6 heteroatoms. The third kappa shape index (κ3) is 3.02. The van der Waals surface area contributed by atoms with Crippen LogP contribution in [0.4, 0.5) is 0 Å². The number of hydrogen-bond acceptors (Lipinski definition) is 5. The molecule has 3 aromatic rings. The second-order valence-corrected chi connectivity index (χ2v) is 5.71. The lowest BCUT2D eigenvalue weighted by molar-refractivity contribution is -0.139. The van der Waals surface area contributed by atoms with Crippen molar-refractivity contribution >= 4 is 33.8 Å². The lowest BCUT2D eigenvalue weighted by Gasteiger charge is -2.12. The molecule has 0 aliphatic carbocycles. The summed E-state index contributed by atoms with van der Waals surface area (Å²) in [4.78, 5) is 11.6. The maximum absolute atomic E-state index is 10.7. The van der Waals surface area contributed by atoms with E-state index in [9.17, 15) is 10.0 Å². The lowest BCUT2D eigenvalue weighted by Crippen LogP contribution is -2.10. The Labute approximate surface area is 136 Å². The minimum absolute atomic E-state index is 0.408. The molecular weight excluding hydrogens is 314 g/mol. The number of oxime groups is 1. The SMILES string of the molecule is O=C(O)COc1ccc(/C(=N\O)c2cccs2)c2ccccc12. The van der Waals surface area contributed by atoms with Gasteiger partial charge in [-0.25, -0.2) is 4.79 Å². The molecule has 0 saturated heterocycles. The smallest absolute Gasteiger partial charge is 0.341 e. The lowest BCUT2D eigenvalue weighted by atomic mass is 9.99. The molecule has 2 aromatic carbocycles. The Bertz CT molecular complexity index is 871. The number of fused-ring (bicyclic) bond motifs is 1. The van der Waals surface area contributed by atoms with Crippen LogP contribution in [0, 0.1) is 0 Å². The molecule has 2 N–H and O–H groups in total. The van der Waals surface area contributed by atoms with Crippen molar-refractivity contribution < 1.29 is 19.8 Å². The molecule has 0 radical (unpaired) electrons. The number of rotatable bonds is 5. The molecule has 23 heavy (non-hydrogen) atoms. The van der Waals surface area contributed by atoms with Crippen LogP contribution in [0.2, 0.25) is 0 Å². The van der Waals surface area contributed by atoms with Gasteiger partial charge >= 0.3 is 5.97 Å². The molecule has 1 heterocycles. The summed E-state index contributed by atoms with van der Waals surface area (Å²) in [7, 11) is 0. The van der Waals surface area contributed by atoms with Crippen LogP contribution in [0.1, 0.15) is 10.4 Å². The van der Waals surface area contributed by atoms with Crippen molar-refractivity contribution in [2.45, 2.75) is 0 Å². The average molecular weight is 327 g/mol. The van der Waals surface area contributed by atoms with Gasteiger partial charge in [0.25, 0.3) is 0 Å². The van der Waals surface area contributed by atoms with Crippen molar-refractivity contribution in [3.8, 4) is 5.75 Å². The molecule has 0 amide bonds. The molecule has 0 spiro atoms. The highest BCUT2D eigenvalue weighted by molar-refractivity contribution is 7.12. The Balaban J connectivity index is 2.13. The van der Waals surface area contributed by atoms with E-state index in [2.05, 4.69) is 5.16 Å². The van der Waals surface area contributed by atoms with E-state index in [0.29, 0.717) is 11.5 Å². The summed E-state index contributed by atoms with van der Waals surface area (Å²) in [6, 6.07) is 14.7. The van der Waals surface area contributed by atoms with Crippen LogP contribution in [-0.2, 0) is 4.79 Å². The average Bonchev–Trinajstić information content (AvgIpc) is 3.08. The van der Waals surface area contributed by atoms with Gasteiger partial charge in [-0.05, 0) is 29.0 Å². The summed E-state index contributed by atoms with van der Waals surface area (Å²) in [5.41, 5.74) is 1.23. The molecule has 1 aromatic heterocycles. The van der Waals surface area contributed by atoms with Gasteiger partial charge in [-0.15, -0.1) is 11.3 Å². The second-order valence-electron chi connectivity index (χ2n) is 4.77. The number of thiophene rings is 1. The molecule has 0 fully saturated rings. The van der Waals surface area contributed by atoms with Gasteiger partial charge in [0.05, 0.1) is 4.88 Å². The van der Waals surface area contributed by atoms with Gasteiger partial charge in [-0.2, -0.15) is 0 Å². The summed E-state index contributed by atoms with van der Waals surface area (Å²) in [5.74, 6) is -0.551. The fourth-order valence-electron chi connectivity index (χ4n) is 2.39. The van der Waals surface area contributed by atoms with Crippen molar-refractivity contribution in [2.24, 2.45) is 5.16 Å². The van der Waals surface area contributed by atoms with Crippen LogP contribution >= 0.6 is 11.3 Å². The summed E-state index contributed by atoms with van der Waals surface area (Å²) in [5, 5.41) is 25.2. The Morgan fingerprint density at radius 3 is 2.52 bits per heavy atom. The first-order chi connectivity index (χ1) is 11.2. The van der Waals surface area contributed by atoms with E-state index in [1.165, 1.54) is 11.3 Å². The van der Waals surface area contributed by atoms with E-state index in [1.807, 2.05) is 41.8 Å². The summed E-state index contributed by atoms with van der Waals surface area (Å²) < 4.78 is 5.34. The number of aliphatic carboxylic acids is 1. The van der Waals surface area contributed by atoms with Gasteiger partial charge in [-0.3, -0.25) is 0 Å². The predicted octanol–water partition coefficient (Wildman–Crippen LogP) is 3.59. The fourth-order valence-corrected chi connectivity index (χ4v) is 3.12. The van der Waals surface area contributed by atoms with Gasteiger partial charge in [-0.1, -0.05) is 35.5 Å². The zero-order valence-electron chi connectivity index (χ0n) is 12.0. The molecule has 0 aliphatic rings. The number of ether oxygens (including phenoxy) is 1. The van der Waals surface area contributed by atoms with E-state index in [4.69, 9.17) is 9.84 Å². The highest BCUT2D eigenvalue weighted by Gasteiger charge is 2.15. The largest absolute Gasteiger partial charge is 0.481 e. The minimum atomic E-state index is -1.03. The van der Waals surface area contributed by atoms with E-state index in [0.717, 1.165) is 21.2 Å². The molecule has 0 saturated carbocycles. The molecule has 0 bridgehead atoms. The molecule has 0 atom stereocenters. The topological polar surface area (TPSA) is 79.1 Å². The molecular formula is C17H13NO4S. The van der Waals surface area contributed by atoms with Crippen LogP contribution < -0.4 is 4.74 Å². The zero-order valence-corrected chi connectivity index (χ0v) is 12.8. The number of carboxylic acid groups (broad SMARTS) is 1. The second kappa shape index (κ2) is 6.50. The van der Waals surface area contributed by atoms with Crippen molar-refractivity contribution in [3.63, 3.8) is 0 Å². The first kappa shape index (κ1) is 15.1. The van der Waals surface area contributed by atoms with Gasteiger partial charge in [0, 0.05) is 10.9 Å². The maximum atomic E-state index is 10.7. The third-order valence-corrected chi connectivity index (χ3v) is 4.22. The maximum Gasteiger partial charge on any atom is 0.341 e. The monoisotopic (exact) mass is 327 g/mol. The first-order valence-corrected chi connectivity index (χ1v) is 7.71. The number of hydrogen-bond donors (Lipinski definition) is 2. The highest BCUT2D eigenvalue weighted by atomic mass is 32.1. The van der Waals surface area contributed by atoms with Gasteiger partial charge in [0.2, 0.25) is 0 Å². The molecule has 0 aliphatic heterocycles. The number of benzene rings is 2. The van der Waals surface area contributed by atoms with Crippen LogP contribution in [0.15, 0.2) is 59.1 Å². The Morgan fingerprint density at radius 2 is 1.87 bits per heavy atom. The van der Waals surface area contributed by atoms with Gasteiger partial charge in [0.15, 0.2) is 6.61 Å². The van der Waals surface area contributed by atoms with E-state index in [-0.39, 0.29) is 0 Å². The number of carboxylic acids is 1. The highest BCUT2D eigenvalue weighted by Crippen LogP contribution is 2.31. The summed E-state index contributed by atoms with van der Waals surface area (Å²) in [6.45, 7) is -0.408. The zero-order chi connectivity index (χ0) is 16.2. The van der Waals surface area contributed by atoms with Gasteiger partial charge in [0.1, 0.15) is 11.5 Å². The van der Waals surface area contributed by atoms with Crippen molar-refractivity contribution in [1.29, 1.82) is 0 Å². The minimum Gasteiger partial charge on any atom is -0.481 e. The Morgan fingerprint density at radius 1 is 1.09 bits per heavy atom. The standard InChI is InChI=1S/C17H13NO4S/c19-16(20)10-22-14-8-7-13(11-4-1-2-5-12(11)14)17(18-21)15-6-3-9-23-15/h1-9,21H,10H2,(H,19,20)/b18-17+. The van der Waals surface area contributed by atoms with Crippen LogP contribution in [0.25, 0.3) is 10.8 Å². The third-order valence-electron chi connectivity index (χ3n) is 3.34. The fraction of sp³-hybridized carbons (Fsp3) is 0.0588. The van der Waals surface area contributed by atoms with Crippen molar-refractivity contribution in [3.05, 3.63) is 64.4 Å². The van der Waals surface area contributed by atoms with Crippen molar-refractivity contribution in [2.75, 3.05) is 6.61 Å². The van der Waals surface area contributed by atoms with E-state index < -0.39 is 12.6 Å². The van der Waals surface area contributed by atoms with Crippen LogP contribution in [0.3, 0.4) is 0 Å². The quantitative estimate of drug-likeness (QED) is 0.426. The Hall–Kier alpha value is -2.86. The van der Waals surface area contributed by atoms with E-state index >= 15 is 0 Å². The Kier molecular flexibility index (Phi) is 4.25. The van der Waals surface area contributed by atoms with Crippen LogP contribution in [0.5, 0.6) is 5.75 Å². The first-order valence-electron chi connectivity index (χ1n) is 6.83. The van der Waals surface area contributed by atoms with Gasteiger partial charge < -0.3 is 15.1 Å².